The van der Waals surface area contributed by atoms with Gasteiger partial charge in [-0.2, -0.15) is 0 Å². The van der Waals surface area contributed by atoms with Gasteiger partial charge in [0.1, 0.15) is 11.3 Å². The summed E-state index contributed by atoms with van der Waals surface area (Å²) in [6.07, 6.45) is 0. The number of pyridine rings is 1. The van der Waals surface area contributed by atoms with Crippen LogP contribution >= 0.6 is 36.4 Å². The van der Waals surface area contributed by atoms with Crippen LogP contribution in [-0.4, -0.2) is 32.7 Å². The fourth-order valence-electron chi connectivity index (χ4n) is 2.42. The fourth-order valence-corrected chi connectivity index (χ4v) is 2.66. The maximum Gasteiger partial charge on any atom is 0.354 e. The summed E-state index contributed by atoms with van der Waals surface area (Å²) in [6, 6.07) is 8.84. The molecule has 0 aliphatic heterocycles. The van der Waals surface area contributed by atoms with Crippen molar-refractivity contribution in [2.75, 3.05) is 12.4 Å². The summed E-state index contributed by atoms with van der Waals surface area (Å²) in [6.45, 7) is 2.33. The molecular formula is C16H17Cl3N4O2. The molecule has 3 aromatic rings. The Hall–Kier alpha value is -2.02. The van der Waals surface area contributed by atoms with Gasteiger partial charge >= 0.3 is 5.97 Å². The standard InChI is InChI=1S/C16H15ClN4O2.2ClH/c1-9-19-13-5-6-14(16(22)23)20-15(13)21(9)8-10-3-4-11(18-2)7-12(10)17;;/h3-7,18H,8H2,1-2H3,(H,22,23);2*1H. The van der Waals surface area contributed by atoms with E-state index in [2.05, 4.69) is 15.3 Å². The molecule has 0 fully saturated rings. The Balaban J connectivity index is 0.00000156. The van der Waals surface area contributed by atoms with Crippen LogP contribution in [0.15, 0.2) is 30.3 Å². The number of aromatic nitrogens is 3. The summed E-state index contributed by atoms with van der Waals surface area (Å²) in [5.41, 5.74) is 3.04. The van der Waals surface area contributed by atoms with Crippen molar-refractivity contribution in [1.29, 1.82) is 0 Å². The molecule has 1 aromatic carbocycles. The third-order valence-electron chi connectivity index (χ3n) is 3.67. The molecule has 0 saturated heterocycles. The summed E-state index contributed by atoms with van der Waals surface area (Å²) in [5, 5.41) is 12.8. The first-order valence-corrected chi connectivity index (χ1v) is 7.40. The van der Waals surface area contributed by atoms with Gasteiger partial charge in [0, 0.05) is 17.8 Å². The van der Waals surface area contributed by atoms with Gasteiger partial charge in [0.25, 0.3) is 0 Å². The zero-order chi connectivity index (χ0) is 16.6. The molecule has 0 spiro atoms. The Morgan fingerprint density at radius 3 is 2.56 bits per heavy atom. The number of nitrogens with one attached hydrogen (secondary N) is 1. The second kappa shape index (κ2) is 8.38. The molecule has 0 aliphatic rings. The fraction of sp³-hybridized carbons (Fsp3) is 0.188. The quantitative estimate of drug-likeness (QED) is 0.687. The average Bonchev–Trinajstić information content (AvgIpc) is 2.84. The predicted molar refractivity (Wildman–Crippen MR) is 104 cm³/mol. The number of imidazole rings is 1. The minimum atomic E-state index is -1.06. The molecule has 0 radical (unpaired) electrons. The van der Waals surface area contributed by atoms with Crippen LogP contribution in [0, 0.1) is 6.92 Å². The van der Waals surface area contributed by atoms with Crippen LogP contribution < -0.4 is 5.32 Å². The van der Waals surface area contributed by atoms with Crippen molar-refractivity contribution in [3.05, 3.63) is 52.4 Å². The minimum absolute atomic E-state index is 0. The number of carboxylic acid groups (broad SMARTS) is 1. The highest BCUT2D eigenvalue weighted by Crippen LogP contribution is 2.24. The van der Waals surface area contributed by atoms with E-state index < -0.39 is 5.97 Å². The molecule has 6 nitrogen and oxygen atoms in total. The third kappa shape index (κ3) is 4.15. The lowest BCUT2D eigenvalue weighted by Crippen LogP contribution is -2.06. The number of halogens is 3. The summed E-state index contributed by atoms with van der Waals surface area (Å²) in [4.78, 5) is 19.8. The molecular weight excluding hydrogens is 387 g/mol. The molecule has 3 rings (SSSR count). The monoisotopic (exact) mass is 402 g/mol. The first-order chi connectivity index (χ1) is 11.0. The van der Waals surface area contributed by atoms with Crippen LogP contribution in [0.4, 0.5) is 5.69 Å². The van der Waals surface area contributed by atoms with E-state index in [9.17, 15) is 4.79 Å². The number of fused-ring (bicyclic) bond motifs is 1. The third-order valence-corrected chi connectivity index (χ3v) is 4.02. The number of nitrogens with zero attached hydrogens (tertiary/aromatic N) is 3. The number of benzene rings is 1. The number of carboxylic acids is 1. The molecule has 0 atom stereocenters. The van der Waals surface area contributed by atoms with Gasteiger partial charge in [-0.15, -0.1) is 24.8 Å². The van der Waals surface area contributed by atoms with Gasteiger partial charge in [0.15, 0.2) is 11.3 Å². The van der Waals surface area contributed by atoms with E-state index in [1.165, 1.54) is 6.07 Å². The number of aromatic carboxylic acids is 1. The lowest BCUT2D eigenvalue weighted by Gasteiger charge is -2.10. The Morgan fingerprint density at radius 2 is 1.96 bits per heavy atom. The van der Waals surface area contributed by atoms with Crippen molar-refractivity contribution < 1.29 is 9.90 Å². The predicted octanol–water partition coefficient (Wildman–Crippen LogP) is 4.02. The molecule has 9 heteroatoms. The van der Waals surface area contributed by atoms with Gasteiger partial charge in [-0.3, -0.25) is 0 Å². The molecule has 2 heterocycles. The Labute approximate surface area is 162 Å². The van der Waals surface area contributed by atoms with Crippen LogP contribution in [0.1, 0.15) is 21.9 Å². The largest absolute Gasteiger partial charge is 0.477 e. The molecule has 0 bridgehead atoms. The van der Waals surface area contributed by atoms with Crippen LogP contribution in [-0.2, 0) is 6.54 Å². The normalized spacial score (nSPS) is 10.0. The highest BCUT2D eigenvalue weighted by atomic mass is 35.5. The molecule has 25 heavy (non-hydrogen) atoms. The summed E-state index contributed by atoms with van der Waals surface area (Å²) < 4.78 is 1.86. The maximum absolute atomic E-state index is 11.1. The molecule has 0 aliphatic carbocycles. The molecule has 134 valence electrons. The molecule has 0 saturated carbocycles. The summed E-state index contributed by atoms with van der Waals surface area (Å²) >= 11 is 6.32. The first kappa shape index (κ1) is 21.0. The number of carbonyl (C=O) groups is 1. The van der Waals surface area contributed by atoms with E-state index in [1.807, 2.05) is 36.7 Å². The van der Waals surface area contributed by atoms with E-state index in [0.29, 0.717) is 22.7 Å². The zero-order valence-corrected chi connectivity index (χ0v) is 15.9. The van der Waals surface area contributed by atoms with Gasteiger partial charge in [-0.25, -0.2) is 14.8 Å². The van der Waals surface area contributed by atoms with Crippen molar-refractivity contribution in [1.82, 2.24) is 14.5 Å². The Kier molecular flexibility index (Phi) is 7.05. The number of hydrogen-bond acceptors (Lipinski definition) is 4. The van der Waals surface area contributed by atoms with Crippen molar-refractivity contribution >= 4 is 59.2 Å². The Morgan fingerprint density at radius 1 is 1.24 bits per heavy atom. The smallest absolute Gasteiger partial charge is 0.354 e. The number of aryl methyl sites for hydroxylation is 1. The van der Waals surface area contributed by atoms with Crippen molar-refractivity contribution in [2.45, 2.75) is 13.5 Å². The second-order valence-electron chi connectivity index (χ2n) is 5.15. The van der Waals surface area contributed by atoms with Gasteiger partial charge < -0.3 is 15.0 Å². The zero-order valence-electron chi connectivity index (χ0n) is 13.5. The van der Waals surface area contributed by atoms with Crippen molar-refractivity contribution in [2.24, 2.45) is 0 Å². The second-order valence-corrected chi connectivity index (χ2v) is 5.55. The highest BCUT2D eigenvalue weighted by Gasteiger charge is 2.14. The average molecular weight is 404 g/mol. The van der Waals surface area contributed by atoms with Crippen LogP contribution in [0.5, 0.6) is 0 Å². The lowest BCUT2D eigenvalue weighted by atomic mass is 10.2. The van der Waals surface area contributed by atoms with E-state index in [-0.39, 0.29) is 30.5 Å². The molecule has 2 aromatic heterocycles. The first-order valence-electron chi connectivity index (χ1n) is 7.03. The topological polar surface area (TPSA) is 80.0 Å². The van der Waals surface area contributed by atoms with E-state index >= 15 is 0 Å². The van der Waals surface area contributed by atoms with Crippen molar-refractivity contribution in [3.8, 4) is 0 Å². The SMILES string of the molecule is CNc1ccc(Cn2c(C)nc3ccc(C(=O)O)nc32)c(Cl)c1.Cl.Cl. The molecule has 0 unspecified atom stereocenters. The Bertz CT molecular complexity index is 912. The minimum Gasteiger partial charge on any atom is -0.477 e. The van der Waals surface area contributed by atoms with Crippen LogP contribution in [0.2, 0.25) is 5.02 Å². The molecule has 0 amide bonds. The lowest BCUT2D eigenvalue weighted by molar-refractivity contribution is 0.0691. The number of hydrogen-bond donors (Lipinski definition) is 2. The van der Waals surface area contributed by atoms with Gasteiger partial charge in [0.05, 0.1) is 6.54 Å². The van der Waals surface area contributed by atoms with E-state index in [0.717, 1.165) is 17.1 Å². The number of rotatable bonds is 4. The maximum atomic E-state index is 11.1. The highest BCUT2D eigenvalue weighted by molar-refractivity contribution is 6.31. The van der Waals surface area contributed by atoms with Crippen molar-refractivity contribution in [3.63, 3.8) is 0 Å². The molecule has 2 N–H and O–H groups in total. The van der Waals surface area contributed by atoms with E-state index in [1.54, 1.807) is 6.07 Å². The summed E-state index contributed by atoms with van der Waals surface area (Å²) in [5.74, 6) is -0.308. The summed E-state index contributed by atoms with van der Waals surface area (Å²) in [7, 11) is 1.83. The van der Waals surface area contributed by atoms with E-state index in [4.69, 9.17) is 16.7 Å². The van der Waals surface area contributed by atoms with Crippen LogP contribution in [0.25, 0.3) is 11.2 Å². The van der Waals surface area contributed by atoms with Gasteiger partial charge in [0.2, 0.25) is 0 Å². The number of anilines is 1. The van der Waals surface area contributed by atoms with Gasteiger partial charge in [-0.05, 0) is 36.8 Å². The van der Waals surface area contributed by atoms with Gasteiger partial charge in [-0.1, -0.05) is 17.7 Å². The van der Waals surface area contributed by atoms with Crippen LogP contribution in [0.3, 0.4) is 0 Å².